The summed E-state index contributed by atoms with van der Waals surface area (Å²) in [6, 6.07) is 13.3. The maximum atomic E-state index is 13.8. The van der Waals surface area contributed by atoms with Gasteiger partial charge in [-0.1, -0.05) is 29.8 Å². The maximum Gasteiger partial charge on any atom is 0.296 e. The lowest BCUT2D eigenvalue weighted by atomic mass is 9.81. The number of hydrogen-bond acceptors (Lipinski definition) is 5. The summed E-state index contributed by atoms with van der Waals surface area (Å²) in [6.45, 7) is 0.646. The van der Waals surface area contributed by atoms with E-state index in [0.717, 1.165) is 12.8 Å². The topological polar surface area (TPSA) is 87.2 Å². The van der Waals surface area contributed by atoms with Gasteiger partial charge in [-0.25, -0.2) is 0 Å². The van der Waals surface area contributed by atoms with Crippen molar-refractivity contribution in [2.24, 2.45) is 0 Å². The molecular formula is C24H21ClN2O5. The van der Waals surface area contributed by atoms with Crippen molar-refractivity contribution in [2.75, 3.05) is 25.1 Å². The zero-order valence-corrected chi connectivity index (χ0v) is 18.1. The standard InChI is InChI=1S/C24H21ClN2O5/c1-26-18-7-3-2-6-17(18)24(23(26)31)19(20(28)14-8-10-15(25)11-9-14)21(29)22(30)27(24)13-16-5-4-12-32-16/h2-3,6-11,16,28H,4-5,12-13H2,1H3/t16-,24+/m1/s1. The Morgan fingerprint density at radius 2 is 1.88 bits per heavy atom. The van der Waals surface area contributed by atoms with Crippen LogP contribution in [0.4, 0.5) is 5.69 Å². The summed E-state index contributed by atoms with van der Waals surface area (Å²) in [7, 11) is 1.60. The molecule has 0 bridgehead atoms. The molecule has 2 saturated heterocycles. The first-order valence-electron chi connectivity index (χ1n) is 10.4. The number of aliphatic hydroxyl groups is 1. The lowest BCUT2D eigenvalue weighted by Gasteiger charge is -2.35. The zero-order chi connectivity index (χ0) is 22.6. The number of amides is 2. The van der Waals surface area contributed by atoms with Gasteiger partial charge in [-0.05, 0) is 43.2 Å². The molecule has 0 aromatic heterocycles. The number of likely N-dealkylation sites (tertiary alicyclic amines) is 1. The molecule has 2 atom stereocenters. The van der Waals surface area contributed by atoms with Gasteiger partial charge >= 0.3 is 0 Å². The molecule has 3 aliphatic heterocycles. The Hall–Kier alpha value is -3.16. The predicted molar refractivity (Wildman–Crippen MR) is 118 cm³/mol. The minimum absolute atomic E-state index is 0.0793. The van der Waals surface area contributed by atoms with Crippen LogP contribution in [0.2, 0.25) is 5.02 Å². The van der Waals surface area contributed by atoms with Crippen molar-refractivity contribution >= 4 is 40.6 Å². The van der Waals surface area contributed by atoms with Gasteiger partial charge in [0.25, 0.3) is 17.6 Å². The van der Waals surface area contributed by atoms with Crippen LogP contribution >= 0.6 is 11.6 Å². The number of ketones is 1. The number of halogens is 1. The summed E-state index contributed by atoms with van der Waals surface area (Å²) in [5, 5.41) is 11.7. The van der Waals surface area contributed by atoms with Crippen LogP contribution in [0.25, 0.3) is 5.76 Å². The molecule has 5 rings (SSSR count). The maximum absolute atomic E-state index is 13.8. The average Bonchev–Trinajstić information content (AvgIpc) is 3.45. The number of likely N-dealkylation sites (N-methyl/N-ethyl adjacent to an activating group) is 1. The quantitative estimate of drug-likeness (QED) is 0.439. The number of nitrogens with zero attached hydrogens (tertiary/aromatic N) is 2. The molecule has 32 heavy (non-hydrogen) atoms. The molecule has 7 nitrogen and oxygen atoms in total. The number of Topliss-reactive ketones (excluding diaryl/α,β-unsaturated/α-hetero) is 1. The first kappa shape index (κ1) is 20.7. The van der Waals surface area contributed by atoms with Crippen LogP contribution in [0.1, 0.15) is 24.0 Å². The number of carbonyl (C=O) groups is 3. The second-order valence-electron chi connectivity index (χ2n) is 8.20. The van der Waals surface area contributed by atoms with Crippen LogP contribution in [0.15, 0.2) is 54.1 Å². The van der Waals surface area contributed by atoms with Gasteiger partial charge in [0.1, 0.15) is 5.76 Å². The normalized spacial score (nSPS) is 26.4. The Kier molecular flexibility index (Phi) is 4.83. The predicted octanol–water partition coefficient (Wildman–Crippen LogP) is 3.07. The number of para-hydroxylation sites is 1. The zero-order valence-electron chi connectivity index (χ0n) is 17.4. The molecule has 3 heterocycles. The number of hydrogen-bond donors (Lipinski definition) is 1. The first-order chi connectivity index (χ1) is 15.4. The summed E-state index contributed by atoms with van der Waals surface area (Å²) in [4.78, 5) is 43.2. The van der Waals surface area contributed by atoms with E-state index in [1.54, 1.807) is 55.6 Å². The molecule has 2 fully saturated rings. The highest BCUT2D eigenvalue weighted by Gasteiger charge is 2.66. The third kappa shape index (κ3) is 2.74. The van der Waals surface area contributed by atoms with E-state index in [4.69, 9.17) is 16.3 Å². The fourth-order valence-electron chi connectivity index (χ4n) is 4.97. The van der Waals surface area contributed by atoms with Gasteiger partial charge in [-0.2, -0.15) is 0 Å². The second-order valence-corrected chi connectivity index (χ2v) is 8.64. The van der Waals surface area contributed by atoms with Gasteiger partial charge in [-0.3, -0.25) is 14.4 Å². The van der Waals surface area contributed by atoms with Crippen LogP contribution in [0.3, 0.4) is 0 Å². The lowest BCUT2D eigenvalue weighted by molar-refractivity contribution is -0.145. The van der Waals surface area contributed by atoms with Crippen molar-refractivity contribution in [3.05, 3.63) is 70.3 Å². The van der Waals surface area contributed by atoms with E-state index in [9.17, 15) is 19.5 Å². The highest BCUT2D eigenvalue weighted by atomic mass is 35.5. The van der Waals surface area contributed by atoms with Crippen LogP contribution in [-0.2, 0) is 24.7 Å². The van der Waals surface area contributed by atoms with E-state index in [2.05, 4.69) is 0 Å². The smallest absolute Gasteiger partial charge is 0.296 e. The Bertz CT molecular complexity index is 1170. The van der Waals surface area contributed by atoms with Gasteiger partial charge < -0.3 is 19.6 Å². The molecule has 3 aliphatic rings. The fourth-order valence-corrected chi connectivity index (χ4v) is 5.09. The molecule has 8 heteroatoms. The van der Waals surface area contributed by atoms with Crippen LogP contribution in [-0.4, -0.2) is 53.9 Å². The molecule has 1 N–H and O–H groups in total. The molecular weight excluding hydrogens is 432 g/mol. The molecule has 2 aromatic carbocycles. The number of aliphatic hydroxyl groups excluding tert-OH is 1. The van der Waals surface area contributed by atoms with Crippen LogP contribution < -0.4 is 4.90 Å². The summed E-state index contributed by atoms with van der Waals surface area (Å²) in [6.07, 6.45) is 1.28. The highest BCUT2D eigenvalue weighted by Crippen LogP contribution is 2.53. The van der Waals surface area contributed by atoms with Gasteiger partial charge in [0.15, 0.2) is 5.54 Å². The number of rotatable bonds is 3. The van der Waals surface area contributed by atoms with Crippen molar-refractivity contribution in [3.8, 4) is 0 Å². The number of fused-ring (bicyclic) bond motifs is 2. The number of benzene rings is 2. The average molecular weight is 453 g/mol. The van der Waals surface area contributed by atoms with Crippen molar-refractivity contribution in [2.45, 2.75) is 24.5 Å². The largest absolute Gasteiger partial charge is 0.507 e. The van der Waals surface area contributed by atoms with E-state index in [1.807, 2.05) is 0 Å². The third-order valence-electron chi connectivity index (χ3n) is 6.47. The van der Waals surface area contributed by atoms with Crippen LogP contribution in [0, 0.1) is 0 Å². The SMILES string of the molecule is CN1C(=O)[C@@]2(C(=C(O)c3ccc(Cl)cc3)C(=O)C(=O)N2C[C@H]2CCCO2)c2ccccc21. The van der Waals surface area contributed by atoms with Gasteiger partial charge in [0.2, 0.25) is 0 Å². The van der Waals surface area contributed by atoms with E-state index < -0.39 is 28.9 Å². The van der Waals surface area contributed by atoms with Gasteiger partial charge in [-0.15, -0.1) is 0 Å². The van der Waals surface area contributed by atoms with Gasteiger partial charge in [0, 0.05) is 42.0 Å². The lowest BCUT2D eigenvalue weighted by Crippen LogP contribution is -2.53. The van der Waals surface area contributed by atoms with Crippen LogP contribution in [0.5, 0.6) is 0 Å². The van der Waals surface area contributed by atoms with E-state index in [1.165, 1.54) is 9.80 Å². The van der Waals surface area contributed by atoms with E-state index >= 15 is 0 Å². The molecule has 1 spiro atoms. The fraction of sp³-hybridized carbons (Fsp3) is 0.292. The molecule has 0 unspecified atom stereocenters. The molecule has 164 valence electrons. The Morgan fingerprint density at radius 1 is 1.16 bits per heavy atom. The molecule has 0 saturated carbocycles. The van der Waals surface area contributed by atoms with Crippen molar-refractivity contribution < 1.29 is 24.2 Å². The summed E-state index contributed by atoms with van der Waals surface area (Å²) >= 11 is 5.97. The molecule has 2 amide bonds. The summed E-state index contributed by atoms with van der Waals surface area (Å²) < 4.78 is 5.72. The van der Waals surface area contributed by atoms with Crippen molar-refractivity contribution in [3.63, 3.8) is 0 Å². The number of anilines is 1. The highest BCUT2D eigenvalue weighted by molar-refractivity contribution is 6.50. The third-order valence-corrected chi connectivity index (χ3v) is 6.72. The Balaban J connectivity index is 1.79. The molecule has 0 aliphatic carbocycles. The monoisotopic (exact) mass is 452 g/mol. The van der Waals surface area contributed by atoms with Gasteiger partial charge in [0.05, 0.1) is 11.7 Å². The number of ether oxygens (including phenoxy) is 1. The van der Waals surface area contributed by atoms with E-state index in [0.29, 0.717) is 28.4 Å². The minimum atomic E-state index is -1.75. The molecule has 2 aromatic rings. The first-order valence-corrected chi connectivity index (χ1v) is 10.8. The minimum Gasteiger partial charge on any atom is -0.507 e. The molecule has 0 radical (unpaired) electrons. The summed E-state index contributed by atoms with van der Waals surface area (Å²) in [5.41, 5.74) is -0.623. The summed E-state index contributed by atoms with van der Waals surface area (Å²) in [5.74, 6) is -2.59. The Morgan fingerprint density at radius 3 is 2.56 bits per heavy atom. The number of carbonyl (C=O) groups excluding carboxylic acids is 3. The second kappa shape index (κ2) is 7.46. The van der Waals surface area contributed by atoms with Crippen molar-refractivity contribution in [1.82, 2.24) is 4.90 Å². The van der Waals surface area contributed by atoms with E-state index in [-0.39, 0.29) is 18.2 Å². The Labute approximate surface area is 189 Å². The van der Waals surface area contributed by atoms with Crippen molar-refractivity contribution in [1.29, 1.82) is 0 Å².